The van der Waals surface area contributed by atoms with Gasteiger partial charge in [-0.05, 0) is 6.07 Å². The van der Waals surface area contributed by atoms with E-state index < -0.39 is 4.33 Å². The fraction of sp³-hybridized carbons (Fsp3) is 0.250. The lowest BCUT2D eigenvalue weighted by Gasteiger charge is -2.17. The van der Waals surface area contributed by atoms with Gasteiger partial charge >= 0.3 is 0 Å². The molecule has 0 unspecified atom stereocenters. The van der Waals surface area contributed by atoms with Gasteiger partial charge in [0, 0.05) is 5.56 Å². The predicted molar refractivity (Wildman–Crippen MR) is 52.2 cm³/mol. The largest absolute Gasteiger partial charge is 0.508 e. The number of benzene rings is 1. The zero-order valence-electron chi connectivity index (χ0n) is 6.10. The molecule has 12 heavy (non-hydrogen) atoms. The summed E-state index contributed by atoms with van der Waals surface area (Å²) >= 11 is 17.2. The molecule has 0 amide bonds. The van der Waals surface area contributed by atoms with Gasteiger partial charge in [-0.25, -0.2) is 0 Å². The quantitative estimate of drug-likeness (QED) is 0.766. The Labute approximate surface area is 85.9 Å². The van der Waals surface area contributed by atoms with Crippen LogP contribution in [0.25, 0.3) is 0 Å². The Bertz CT molecular complexity index is 273. The first-order valence-electron chi connectivity index (χ1n) is 3.30. The van der Waals surface area contributed by atoms with Crippen LogP contribution in [0.2, 0.25) is 0 Å². The van der Waals surface area contributed by atoms with Crippen LogP contribution in [-0.4, -0.2) is 11.0 Å². The molecule has 0 radical (unpaired) electrons. The number of hydrogen-bond acceptors (Lipinski definition) is 1. The number of para-hydroxylation sites is 1. The summed E-state index contributed by atoms with van der Waals surface area (Å²) in [6.45, 7) is 0. The van der Waals surface area contributed by atoms with E-state index in [0.29, 0.717) is 5.56 Å². The molecule has 0 aliphatic carbocycles. The Hall–Kier alpha value is -0.110. The van der Waals surface area contributed by atoms with Gasteiger partial charge in [0.25, 0.3) is 0 Å². The summed E-state index contributed by atoms with van der Waals surface area (Å²) in [5.41, 5.74) is 0.434. The number of phenols is 1. The number of halogens is 3. The van der Waals surface area contributed by atoms with Crippen molar-refractivity contribution < 1.29 is 5.11 Å². The van der Waals surface area contributed by atoms with Crippen LogP contribution in [0.4, 0.5) is 0 Å². The second-order valence-electron chi connectivity index (χ2n) is 2.36. The maximum absolute atomic E-state index is 9.35. The van der Waals surface area contributed by atoms with Crippen molar-refractivity contribution >= 4 is 34.8 Å². The van der Waals surface area contributed by atoms with E-state index >= 15 is 0 Å². The van der Waals surface area contributed by atoms with Gasteiger partial charge in [-0.15, -0.1) is 11.6 Å². The molecule has 1 aromatic rings. The van der Waals surface area contributed by atoms with Crippen LogP contribution in [0.5, 0.6) is 5.75 Å². The molecule has 0 saturated carbocycles. The Morgan fingerprint density at radius 3 is 2.33 bits per heavy atom. The molecule has 66 valence electrons. The normalized spacial score (nSPS) is 11.6. The number of phenolic OH excluding ortho intramolecular Hbond substituents is 1. The Morgan fingerprint density at radius 2 is 1.83 bits per heavy atom. The molecule has 1 rings (SSSR count). The van der Waals surface area contributed by atoms with Crippen LogP contribution < -0.4 is 0 Å². The van der Waals surface area contributed by atoms with Gasteiger partial charge in [0.05, 0.1) is 5.88 Å². The van der Waals surface area contributed by atoms with Crippen molar-refractivity contribution in [3.05, 3.63) is 29.8 Å². The molecular weight excluding hydrogens is 218 g/mol. The van der Waals surface area contributed by atoms with Crippen molar-refractivity contribution in [1.82, 2.24) is 0 Å². The smallest absolute Gasteiger partial charge is 0.160 e. The predicted octanol–water partition coefficient (Wildman–Crippen LogP) is 3.26. The molecule has 4 heteroatoms. The fourth-order valence-corrected chi connectivity index (χ4v) is 1.32. The molecule has 0 fully saturated rings. The fourth-order valence-electron chi connectivity index (χ4n) is 0.855. The van der Waals surface area contributed by atoms with E-state index in [2.05, 4.69) is 0 Å². The highest BCUT2D eigenvalue weighted by Crippen LogP contribution is 2.39. The number of alkyl halides is 3. The second-order valence-corrected chi connectivity index (χ2v) is 4.11. The first-order valence-corrected chi connectivity index (χ1v) is 4.59. The summed E-state index contributed by atoms with van der Waals surface area (Å²) in [6.07, 6.45) is 0. The topological polar surface area (TPSA) is 20.2 Å². The Kier molecular flexibility index (Phi) is 3.10. The van der Waals surface area contributed by atoms with Crippen molar-refractivity contribution in [2.45, 2.75) is 4.33 Å². The van der Waals surface area contributed by atoms with E-state index in [1.807, 2.05) is 0 Å². The van der Waals surface area contributed by atoms with E-state index in [0.717, 1.165) is 0 Å². The summed E-state index contributed by atoms with van der Waals surface area (Å²) in [6, 6.07) is 6.58. The maximum atomic E-state index is 9.35. The van der Waals surface area contributed by atoms with Gasteiger partial charge < -0.3 is 5.11 Å². The molecule has 0 bridgehead atoms. The Balaban J connectivity index is 3.10. The second kappa shape index (κ2) is 3.73. The average Bonchev–Trinajstić information content (AvgIpc) is 2.05. The molecule has 1 N–H and O–H groups in total. The van der Waals surface area contributed by atoms with E-state index in [-0.39, 0.29) is 11.6 Å². The lowest BCUT2D eigenvalue weighted by molar-refractivity contribution is 0.466. The molecule has 0 heterocycles. The lowest BCUT2D eigenvalue weighted by Crippen LogP contribution is -2.11. The minimum absolute atomic E-state index is 0.0354. The lowest BCUT2D eigenvalue weighted by atomic mass is 10.1. The SMILES string of the molecule is Oc1ccccc1C(Cl)(Cl)CCl. The molecule has 0 aliphatic heterocycles. The molecule has 1 aromatic carbocycles. The molecule has 0 saturated heterocycles. The third kappa shape index (κ3) is 1.98. The highest BCUT2D eigenvalue weighted by atomic mass is 35.5. The number of aromatic hydroxyl groups is 1. The van der Waals surface area contributed by atoms with Crippen LogP contribution in [0, 0.1) is 0 Å². The summed E-state index contributed by atoms with van der Waals surface area (Å²) in [7, 11) is 0. The Morgan fingerprint density at radius 1 is 1.25 bits per heavy atom. The first kappa shape index (κ1) is 9.97. The van der Waals surface area contributed by atoms with Crippen molar-refractivity contribution in [3.63, 3.8) is 0 Å². The molecule has 1 nitrogen and oxygen atoms in total. The highest BCUT2D eigenvalue weighted by Gasteiger charge is 2.27. The third-order valence-corrected chi connectivity index (χ3v) is 2.81. The van der Waals surface area contributed by atoms with Gasteiger partial charge in [-0.2, -0.15) is 0 Å². The van der Waals surface area contributed by atoms with Crippen molar-refractivity contribution in [2.75, 3.05) is 5.88 Å². The van der Waals surface area contributed by atoms with Gasteiger partial charge in [0.1, 0.15) is 5.75 Å². The first-order chi connectivity index (χ1) is 5.58. The molecule has 0 spiro atoms. The number of hydrogen-bond donors (Lipinski definition) is 1. The van der Waals surface area contributed by atoms with Crippen LogP contribution >= 0.6 is 34.8 Å². The molecule has 0 aromatic heterocycles. The molecular formula is C8H7Cl3O. The van der Waals surface area contributed by atoms with Crippen LogP contribution in [0.3, 0.4) is 0 Å². The van der Waals surface area contributed by atoms with E-state index in [9.17, 15) is 5.11 Å². The van der Waals surface area contributed by atoms with E-state index in [1.165, 1.54) is 6.07 Å². The highest BCUT2D eigenvalue weighted by molar-refractivity contribution is 6.51. The van der Waals surface area contributed by atoms with Gasteiger partial charge in [0.2, 0.25) is 0 Å². The monoisotopic (exact) mass is 224 g/mol. The summed E-state index contributed by atoms with van der Waals surface area (Å²) in [5, 5.41) is 9.35. The summed E-state index contributed by atoms with van der Waals surface area (Å²) < 4.78 is -1.22. The standard InChI is InChI=1S/C8H7Cl3O/c9-5-8(10,11)6-3-1-2-4-7(6)12/h1-4,12H,5H2. The van der Waals surface area contributed by atoms with Crippen molar-refractivity contribution in [1.29, 1.82) is 0 Å². The molecule has 0 aliphatic rings. The van der Waals surface area contributed by atoms with Gasteiger partial charge in [-0.3, -0.25) is 0 Å². The van der Waals surface area contributed by atoms with Crippen molar-refractivity contribution in [2.24, 2.45) is 0 Å². The van der Waals surface area contributed by atoms with Crippen LogP contribution in [-0.2, 0) is 4.33 Å². The summed E-state index contributed by atoms with van der Waals surface area (Å²) in [4.78, 5) is 0. The zero-order chi connectivity index (χ0) is 9.19. The van der Waals surface area contributed by atoms with Crippen LogP contribution in [0.1, 0.15) is 5.56 Å². The zero-order valence-corrected chi connectivity index (χ0v) is 8.37. The molecule has 0 atom stereocenters. The van der Waals surface area contributed by atoms with Crippen molar-refractivity contribution in [3.8, 4) is 5.75 Å². The summed E-state index contributed by atoms with van der Waals surface area (Å²) in [5.74, 6) is 0.0939. The minimum atomic E-state index is -1.22. The van der Waals surface area contributed by atoms with Gasteiger partial charge in [-0.1, -0.05) is 41.4 Å². The van der Waals surface area contributed by atoms with E-state index in [1.54, 1.807) is 18.2 Å². The minimum Gasteiger partial charge on any atom is -0.508 e. The average molecular weight is 226 g/mol. The van der Waals surface area contributed by atoms with E-state index in [4.69, 9.17) is 34.8 Å². The number of rotatable bonds is 2. The van der Waals surface area contributed by atoms with Crippen LogP contribution in [0.15, 0.2) is 24.3 Å². The maximum Gasteiger partial charge on any atom is 0.160 e. The third-order valence-electron chi connectivity index (χ3n) is 1.47. The van der Waals surface area contributed by atoms with Gasteiger partial charge in [0.15, 0.2) is 4.33 Å².